The Labute approximate surface area is 141 Å². The van der Waals surface area contributed by atoms with Gasteiger partial charge in [-0.2, -0.15) is 5.26 Å². The van der Waals surface area contributed by atoms with Gasteiger partial charge in [0.1, 0.15) is 5.75 Å². The molecule has 0 saturated carbocycles. The van der Waals surface area contributed by atoms with E-state index in [4.69, 9.17) is 10.00 Å². The fourth-order valence-electron chi connectivity index (χ4n) is 2.59. The van der Waals surface area contributed by atoms with Crippen molar-refractivity contribution in [2.75, 3.05) is 19.0 Å². The summed E-state index contributed by atoms with van der Waals surface area (Å²) in [5, 5.41) is 14.2. The standard InChI is InChI=1S/C20H17N3O/c1-14(12-21)13-23-20-17-8-6-16(18-5-3-4-10-22-18)11-15(17)7-9-19(20)24-2/h3-11,23H,1,13H2,2H3. The molecule has 3 rings (SSSR count). The number of nitrogens with zero attached hydrogens (tertiary/aromatic N) is 2. The van der Waals surface area contributed by atoms with Crippen LogP contribution in [0.5, 0.6) is 5.75 Å². The highest BCUT2D eigenvalue weighted by molar-refractivity contribution is 5.99. The van der Waals surface area contributed by atoms with Crippen molar-refractivity contribution >= 4 is 16.5 Å². The minimum absolute atomic E-state index is 0.383. The number of methoxy groups -OCH3 is 1. The zero-order valence-electron chi connectivity index (χ0n) is 13.4. The fourth-order valence-corrected chi connectivity index (χ4v) is 2.59. The van der Waals surface area contributed by atoms with Crippen molar-refractivity contribution in [3.05, 3.63) is 66.9 Å². The molecule has 118 valence electrons. The van der Waals surface area contributed by atoms with E-state index in [-0.39, 0.29) is 0 Å². The summed E-state index contributed by atoms with van der Waals surface area (Å²) in [6, 6.07) is 18.0. The van der Waals surface area contributed by atoms with Crippen LogP contribution in [0.4, 0.5) is 5.69 Å². The Morgan fingerprint density at radius 2 is 2.12 bits per heavy atom. The number of nitriles is 1. The predicted octanol–water partition coefficient (Wildman–Crippen LogP) is 4.40. The van der Waals surface area contributed by atoms with E-state index in [2.05, 4.69) is 22.9 Å². The van der Waals surface area contributed by atoms with Crippen molar-refractivity contribution in [2.45, 2.75) is 0 Å². The van der Waals surface area contributed by atoms with Gasteiger partial charge in [-0.1, -0.05) is 30.8 Å². The second kappa shape index (κ2) is 6.84. The number of hydrogen-bond donors (Lipinski definition) is 1. The minimum atomic E-state index is 0.383. The van der Waals surface area contributed by atoms with Crippen LogP contribution < -0.4 is 10.1 Å². The van der Waals surface area contributed by atoms with Gasteiger partial charge in [0, 0.05) is 29.3 Å². The fraction of sp³-hybridized carbons (Fsp3) is 0.100. The summed E-state index contributed by atoms with van der Waals surface area (Å²) in [6.45, 7) is 4.09. The van der Waals surface area contributed by atoms with E-state index >= 15 is 0 Å². The molecule has 1 N–H and O–H groups in total. The molecule has 4 heteroatoms. The van der Waals surface area contributed by atoms with E-state index in [1.54, 1.807) is 13.3 Å². The second-order valence-electron chi connectivity index (χ2n) is 5.36. The number of fused-ring (bicyclic) bond motifs is 1. The maximum Gasteiger partial charge on any atom is 0.142 e. The molecule has 0 amide bonds. The Kier molecular flexibility index (Phi) is 4.44. The molecule has 1 aromatic heterocycles. The van der Waals surface area contributed by atoms with Crippen LogP contribution in [-0.2, 0) is 0 Å². The zero-order chi connectivity index (χ0) is 16.9. The number of aromatic nitrogens is 1. The molecule has 4 nitrogen and oxygen atoms in total. The number of pyridine rings is 1. The Bertz CT molecular complexity index is 927. The summed E-state index contributed by atoms with van der Waals surface area (Å²) in [5.74, 6) is 0.735. The summed E-state index contributed by atoms with van der Waals surface area (Å²) in [7, 11) is 1.63. The minimum Gasteiger partial charge on any atom is -0.495 e. The van der Waals surface area contributed by atoms with Gasteiger partial charge < -0.3 is 10.1 Å². The Hall–Kier alpha value is -3.32. The molecule has 0 aliphatic rings. The first kappa shape index (κ1) is 15.6. The zero-order valence-corrected chi connectivity index (χ0v) is 13.4. The van der Waals surface area contributed by atoms with Crippen LogP contribution in [0.3, 0.4) is 0 Å². The Balaban J connectivity index is 2.06. The lowest BCUT2D eigenvalue weighted by molar-refractivity contribution is 0.417. The van der Waals surface area contributed by atoms with E-state index in [9.17, 15) is 0 Å². The lowest BCUT2D eigenvalue weighted by atomic mass is 10.0. The van der Waals surface area contributed by atoms with Crippen LogP contribution in [-0.4, -0.2) is 18.6 Å². The van der Waals surface area contributed by atoms with E-state index in [0.717, 1.165) is 33.5 Å². The highest BCUT2D eigenvalue weighted by Crippen LogP contribution is 2.35. The van der Waals surface area contributed by atoms with Crippen molar-refractivity contribution in [1.82, 2.24) is 4.98 Å². The predicted molar refractivity (Wildman–Crippen MR) is 97.0 cm³/mol. The number of rotatable bonds is 5. The first-order valence-electron chi connectivity index (χ1n) is 7.57. The summed E-state index contributed by atoms with van der Waals surface area (Å²) < 4.78 is 5.45. The molecule has 0 aliphatic heterocycles. The van der Waals surface area contributed by atoms with E-state index in [0.29, 0.717) is 12.1 Å². The molecule has 0 aliphatic carbocycles. The van der Waals surface area contributed by atoms with E-state index < -0.39 is 0 Å². The number of ether oxygens (including phenoxy) is 1. The molecule has 0 unspecified atom stereocenters. The largest absolute Gasteiger partial charge is 0.495 e. The third-order valence-corrected chi connectivity index (χ3v) is 3.80. The summed E-state index contributed by atoms with van der Waals surface area (Å²) in [6.07, 6.45) is 1.79. The molecule has 0 spiro atoms. The lowest BCUT2D eigenvalue weighted by Gasteiger charge is -2.14. The maximum atomic E-state index is 8.89. The number of nitrogens with one attached hydrogen (secondary N) is 1. The van der Waals surface area contributed by atoms with Gasteiger partial charge in [0.05, 0.1) is 24.6 Å². The Morgan fingerprint density at radius 1 is 1.25 bits per heavy atom. The Morgan fingerprint density at radius 3 is 2.83 bits per heavy atom. The molecule has 0 fully saturated rings. The highest BCUT2D eigenvalue weighted by Gasteiger charge is 2.10. The second-order valence-corrected chi connectivity index (χ2v) is 5.36. The smallest absolute Gasteiger partial charge is 0.142 e. The third kappa shape index (κ3) is 3.06. The normalized spacial score (nSPS) is 10.2. The van der Waals surface area contributed by atoms with Crippen molar-refractivity contribution in [1.29, 1.82) is 5.26 Å². The van der Waals surface area contributed by atoms with Gasteiger partial charge in [-0.15, -0.1) is 0 Å². The molecule has 0 atom stereocenters. The summed E-state index contributed by atoms with van der Waals surface area (Å²) in [5.41, 5.74) is 3.32. The molecule has 0 bridgehead atoms. The average Bonchev–Trinajstić information content (AvgIpc) is 2.65. The first-order valence-corrected chi connectivity index (χ1v) is 7.57. The monoisotopic (exact) mass is 315 g/mol. The first-order chi connectivity index (χ1) is 11.7. The van der Waals surface area contributed by atoms with Gasteiger partial charge in [-0.25, -0.2) is 0 Å². The van der Waals surface area contributed by atoms with Crippen LogP contribution in [0.2, 0.25) is 0 Å². The van der Waals surface area contributed by atoms with Gasteiger partial charge in [-0.3, -0.25) is 4.98 Å². The third-order valence-electron chi connectivity index (χ3n) is 3.80. The van der Waals surface area contributed by atoms with E-state index in [1.165, 1.54) is 0 Å². The van der Waals surface area contributed by atoms with Gasteiger partial charge in [0.15, 0.2) is 0 Å². The van der Waals surface area contributed by atoms with Crippen LogP contribution >= 0.6 is 0 Å². The molecule has 24 heavy (non-hydrogen) atoms. The summed E-state index contributed by atoms with van der Waals surface area (Å²) in [4.78, 5) is 4.39. The quantitative estimate of drug-likeness (QED) is 0.709. The number of hydrogen-bond acceptors (Lipinski definition) is 4. The molecular formula is C20H17N3O. The van der Waals surface area contributed by atoms with Crippen molar-refractivity contribution in [2.24, 2.45) is 0 Å². The van der Waals surface area contributed by atoms with Crippen LogP contribution in [0.1, 0.15) is 0 Å². The molecule has 0 radical (unpaired) electrons. The average molecular weight is 315 g/mol. The SMILES string of the molecule is C=C(C#N)CNc1c(OC)ccc2cc(-c3ccccn3)ccc12. The van der Waals surface area contributed by atoms with Crippen molar-refractivity contribution < 1.29 is 4.74 Å². The number of benzene rings is 2. The molecule has 1 heterocycles. The van der Waals surface area contributed by atoms with Crippen molar-refractivity contribution in [3.8, 4) is 23.1 Å². The van der Waals surface area contributed by atoms with Crippen LogP contribution in [0.15, 0.2) is 66.9 Å². The van der Waals surface area contributed by atoms with E-state index in [1.807, 2.05) is 48.5 Å². The highest BCUT2D eigenvalue weighted by atomic mass is 16.5. The van der Waals surface area contributed by atoms with Crippen LogP contribution in [0, 0.1) is 11.3 Å². The topological polar surface area (TPSA) is 57.9 Å². The number of anilines is 1. The van der Waals surface area contributed by atoms with Gasteiger partial charge >= 0.3 is 0 Å². The van der Waals surface area contributed by atoms with Gasteiger partial charge in [0.25, 0.3) is 0 Å². The van der Waals surface area contributed by atoms with Crippen LogP contribution in [0.25, 0.3) is 22.0 Å². The molecule has 0 saturated heterocycles. The van der Waals surface area contributed by atoms with Gasteiger partial charge in [0.2, 0.25) is 0 Å². The lowest BCUT2D eigenvalue weighted by Crippen LogP contribution is -2.05. The molecule has 2 aromatic carbocycles. The van der Waals surface area contributed by atoms with Gasteiger partial charge in [-0.05, 0) is 29.7 Å². The summed E-state index contributed by atoms with van der Waals surface area (Å²) >= 11 is 0. The maximum absolute atomic E-state index is 8.89. The molecule has 3 aromatic rings. The van der Waals surface area contributed by atoms with Crippen molar-refractivity contribution in [3.63, 3.8) is 0 Å². The molecular weight excluding hydrogens is 298 g/mol.